The molecule has 2 aliphatic rings. The number of fused-ring (bicyclic) bond motifs is 1. The van der Waals surface area contributed by atoms with Crippen molar-refractivity contribution < 1.29 is 19.1 Å². The van der Waals surface area contributed by atoms with Crippen molar-refractivity contribution in [2.24, 2.45) is 10.9 Å². The van der Waals surface area contributed by atoms with Gasteiger partial charge in [0.25, 0.3) is 0 Å². The van der Waals surface area contributed by atoms with Gasteiger partial charge in [-0.2, -0.15) is 0 Å². The molecule has 1 saturated heterocycles. The number of nitrogens with one attached hydrogen (secondary N) is 1. The zero-order chi connectivity index (χ0) is 19.7. The molecule has 27 heavy (non-hydrogen) atoms. The van der Waals surface area contributed by atoms with Crippen LogP contribution < -0.4 is 5.32 Å². The van der Waals surface area contributed by atoms with Crippen molar-refractivity contribution in [1.82, 2.24) is 4.90 Å². The van der Waals surface area contributed by atoms with Gasteiger partial charge in [-0.15, -0.1) is 11.3 Å². The van der Waals surface area contributed by atoms with E-state index in [2.05, 4.69) is 17.2 Å². The van der Waals surface area contributed by atoms with Crippen LogP contribution in [0.25, 0.3) is 0 Å². The van der Waals surface area contributed by atoms with Crippen molar-refractivity contribution in [1.29, 1.82) is 0 Å². The summed E-state index contributed by atoms with van der Waals surface area (Å²) in [5.74, 6) is -0.296. The monoisotopic (exact) mass is 409 g/mol. The molecule has 9 heteroatoms. The minimum Gasteiger partial charge on any atom is -0.465 e. The smallest absolute Gasteiger partial charge is 0.341 e. The van der Waals surface area contributed by atoms with Gasteiger partial charge in [0.05, 0.1) is 12.7 Å². The van der Waals surface area contributed by atoms with Gasteiger partial charge < -0.3 is 10.1 Å². The lowest BCUT2D eigenvalue weighted by atomic mass is 9.88. The molecule has 2 atom stereocenters. The number of thioether (sulfide) groups is 1. The first-order chi connectivity index (χ1) is 12.8. The Kier molecular flexibility index (Phi) is 5.90. The molecular formula is C18H23N3O4S2. The van der Waals surface area contributed by atoms with Gasteiger partial charge in [0.15, 0.2) is 5.17 Å². The van der Waals surface area contributed by atoms with Crippen LogP contribution in [0.1, 0.15) is 40.6 Å². The Hall–Kier alpha value is -1.87. The SMILES string of the molecule is CN=C1S[C@H](CC(=O)Nc2sc3c(c2C(=O)OC)CC[C@@H](C)C3)C(=O)N1C. The molecular weight excluding hydrogens is 386 g/mol. The maximum atomic E-state index is 12.6. The lowest BCUT2D eigenvalue weighted by Crippen LogP contribution is -2.30. The van der Waals surface area contributed by atoms with Crippen molar-refractivity contribution >= 4 is 51.1 Å². The number of hydrogen-bond donors (Lipinski definition) is 1. The average molecular weight is 410 g/mol. The van der Waals surface area contributed by atoms with Crippen molar-refractivity contribution in [3.63, 3.8) is 0 Å². The van der Waals surface area contributed by atoms with Gasteiger partial charge in [-0.05, 0) is 30.7 Å². The molecule has 0 aromatic carbocycles. The highest BCUT2D eigenvalue weighted by atomic mass is 32.2. The summed E-state index contributed by atoms with van der Waals surface area (Å²) < 4.78 is 4.94. The molecule has 1 aromatic rings. The molecule has 1 fully saturated rings. The Labute approximate surface area is 166 Å². The van der Waals surface area contributed by atoms with E-state index in [1.165, 1.54) is 35.1 Å². The highest BCUT2D eigenvalue weighted by Crippen LogP contribution is 2.40. The number of rotatable bonds is 4. The number of nitrogens with zero attached hydrogens (tertiary/aromatic N) is 2. The van der Waals surface area contributed by atoms with E-state index in [1.54, 1.807) is 14.1 Å². The van der Waals surface area contributed by atoms with Crippen molar-refractivity contribution in [3.8, 4) is 0 Å². The first-order valence-corrected chi connectivity index (χ1v) is 10.5. The fraction of sp³-hybridized carbons (Fsp3) is 0.556. The van der Waals surface area contributed by atoms with Crippen molar-refractivity contribution in [3.05, 3.63) is 16.0 Å². The van der Waals surface area contributed by atoms with Gasteiger partial charge in [-0.25, -0.2) is 4.79 Å². The Bertz CT molecular complexity index is 818. The van der Waals surface area contributed by atoms with Crippen LogP contribution >= 0.6 is 23.1 Å². The molecule has 2 amide bonds. The van der Waals surface area contributed by atoms with Gasteiger partial charge in [-0.1, -0.05) is 18.7 Å². The second kappa shape index (κ2) is 8.02. The molecule has 0 unspecified atom stereocenters. The molecule has 1 N–H and O–H groups in total. The summed E-state index contributed by atoms with van der Waals surface area (Å²) >= 11 is 2.73. The van der Waals surface area contributed by atoms with Crippen LogP contribution in [0.3, 0.4) is 0 Å². The zero-order valence-electron chi connectivity index (χ0n) is 15.8. The summed E-state index contributed by atoms with van der Waals surface area (Å²) in [6.45, 7) is 2.19. The van der Waals surface area contributed by atoms with E-state index in [0.717, 1.165) is 29.7 Å². The van der Waals surface area contributed by atoms with E-state index in [4.69, 9.17) is 4.74 Å². The number of aliphatic imine (C=N–C) groups is 1. The topological polar surface area (TPSA) is 88.1 Å². The van der Waals surface area contributed by atoms with Crippen LogP contribution in [0.2, 0.25) is 0 Å². The van der Waals surface area contributed by atoms with Crippen LogP contribution in [0.5, 0.6) is 0 Å². The molecule has 0 saturated carbocycles. The molecule has 0 bridgehead atoms. The summed E-state index contributed by atoms with van der Waals surface area (Å²) in [4.78, 5) is 43.8. The number of thiophene rings is 1. The van der Waals surface area contributed by atoms with Gasteiger partial charge in [0, 0.05) is 25.4 Å². The second-order valence-corrected chi connectivity index (χ2v) is 9.08. The van der Waals surface area contributed by atoms with Gasteiger partial charge in [0.2, 0.25) is 11.8 Å². The van der Waals surface area contributed by atoms with Gasteiger partial charge in [0.1, 0.15) is 10.3 Å². The standard InChI is InChI=1S/C18H23N3O4S2/c1-9-5-6-10-11(7-9)26-15(14(10)17(24)25-4)20-13(22)8-12-16(23)21(3)18(19-2)27-12/h9,12H,5-8H2,1-4H3,(H,20,22)/t9-,12-/m1/s1. The Morgan fingerprint density at radius 1 is 1.41 bits per heavy atom. The van der Waals surface area contributed by atoms with E-state index < -0.39 is 11.2 Å². The molecule has 1 aliphatic heterocycles. The third-order valence-electron chi connectivity index (χ3n) is 4.86. The summed E-state index contributed by atoms with van der Waals surface area (Å²) in [6.07, 6.45) is 2.76. The van der Waals surface area contributed by atoms with E-state index in [0.29, 0.717) is 21.7 Å². The summed E-state index contributed by atoms with van der Waals surface area (Å²) in [5, 5.41) is 3.48. The van der Waals surface area contributed by atoms with Crippen LogP contribution in [-0.2, 0) is 27.2 Å². The maximum absolute atomic E-state index is 12.6. The zero-order valence-corrected chi connectivity index (χ0v) is 17.5. The molecule has 146 valence electrons. The predicted molar refractivity (Wildman–Crippen MR) is 108 cm³/mol. The third-order valence-corrected chi connectivity index (χ3v) is 7.35. The number of carbonyl (C=O) groups excluding carboxylic acids is 3. The van der Waals surface area contributed by atoms with Crippen molar-refractivity contribution in [2.75, 3.05) is 26.5 Å². The minimum atomic E-state index is -0.495. The molecule has 1 aromatic heterocycles. The first-order valence-electron chi connectivity index (χ1n) is 8.79. The lowest BCUT2D eigenvalue weighted by molar-refractivity contribution is -0.127. The maximum Gasteiger partial charge on any atom is 0.341 e. The number of methoxy groups -OCH3 is 1. The van der Waals surface area contributed by atoms with Gasteiger partial charge in [-0.3, -0.25) is 19.5 Å². The number of esters is 1. The first kappa shape index (κ1) is 19.9. The Morgan fingerprint density at radius 3 is 2.78 bits per heavy atom. The largest absolute Gasteiger partial charge is 0.465 e. The fourth-order valence-corrected chi connectivity index (χ4v) is 5.92. The van der Waals surface area contributed by atoms with Gasteiger partial charge >= 0.3 is 5.97 Å². The highest BCUT2D eigenvalue weighted by molar-refractivity contribution is 8.15. The van der Waals surface area contributed by atoms with E-state index >= 15 is 0 Å². The number of ether oxygens (including phenoxy) is 1. The Morgan fingerprint density at radius 2 is 2.15 bits per heavy atom. The van der Waals surface area contributed by atoms with Crippen LogP contribution in [0.15, 0.2) is 4.99 Å². The average Bonchev–Trinajstić information content (AvgIpc) is 3.12. The molecule has 1 aliphatic carbocycles. The third kappa shape index (κ3) is 3.89. The van der Waals surface area contributed by atoms with Crippen LogP contribution in [0.4, 0.5) is 5.00 Å². The van der Waals surface area contributed by atoms with E-state index in [-0.39, 0.29) is 18.2 Å². The molecule has 0 spiro atoms. The predicted octanol–water partition coefficient (Wildman–Crippen LogP) is 2.55. The molecule has 7 nitrogen and oxygen atoms in total. The summed E-state index contributed by atoms with van der Waals surface area (Å²) in [7, 11) is 4.62. The quantitative estimate of drug-likeness (QED) is 0.772. The number of carbonyl (C=O) groups is 3. The normalized spacial score (nSPS) is 23.5. The molecule has 3 rings (SSSR count). The molecule has 2 heterocycles. The van der Waals surface area contributed by atoms with E-state index in [9.17, 15) is 14.4 Å². The van der Waals surface area contributed by atoms with Crippen LogP contribution in [-0.4, -0.2) is 54.3 Å². The molecule has 0 radical (unpaired) electrons. The van der Waals surface area contributed by atoms with Crippen LogP contribution in [0, 0.1) is 5.92 Å². The number of amidine groups is 1. The number of hydrogen-bond acceptors (Lipinski definition) is 7. The lowest BCUT2D eigenvalue weighted by Gasteiger charge is -2.18. The minimum absolute atomic E-state index is 0.0342. The Balaban J connectivity index is 1.78. The van der Waals surface area contributed by atoms with Crippen molar-refractivity contribution in [2.45, 2.75) is 37.9 Å². The second-order valence-electron chi connectivity index (χ2n) is 6.81. The fourth-order valence-electron chi connectivity index (χ4n) is 3.40. The summed E-state index contributed by atoms with van der Waals surface area (Å²) in [6, 6.07) is 0. The number of amides is 2. The highest BCUT2D eigenvalue weighted by Gasteiger charge is 2.37. The van der Waals surface area contributed by atoms with E-state index in [1.807, 2.05) is 0 Å². The number of anilines is 1. The summed E-state index contributed by atoms with van der Waals surface area (Å²) in [5.41, 5.74) is 1.46.